The zero-order valence-corrected chi connectivity index (χ0v) is 17.8. The largest absolute Gasteiger partial charge is 0.452 e. The minimum Gasteiger partial charge on any atom is -0.452 e. The zero-order valence-electron chi connectivity index (χ0n) is 17.8. The number of carbonyl (C=O) groups is 1. The maximum Gasteiger partial charge on any atom is 0.185 e. The third-order valence-corrected chi connectivity index (χ3v) is 5.24. The number of pyridine rings is 2. The Labute approximate surface area is 179 Å². The molecule has 1 aliphatic rings. The number of aldehydes is 1. The monoisotopic (exact) mass is 424 g/mol. The molecule has 0 unspecified atom stereocenters. The number of nitrogens with one attached hydrogen (secondary N) is 1. The van der Waals surface area contributed by atoms with Gasteiger partial charge >= 0.3 is 0 Å². The lowest BCUT2D eigenvalue weighted by Gasteiger charge is -2.33. The fourth-order valence-corrected chi connectivity index (χ4v) is 3.52. The molecule has 1 N–H and O–H groups in total. The maximum absolute atomic E-state index is 13.3. The molecule has 0 spiro atoms. The Morgan fingerprint density at radius 3 is 2.61 bits per heavy atom. The van der Waals surface area contributed by atoms with Crippen LogP contribution in [-0.2, 0) is 0 Å². The number of imidazole rings is 1. The molecule has 162 valence electrons. The van der Waals surface area contributed by atoms with Gasteiger partial charge in [0.2, 0.25) is 0 Å². The highest BCUT2D eigenvalue weighted by molar-refractivity contribution is 5.83. The zero-order chi connectivity index (χ0) is 22.0. The molecular formula is C22H25FN6O2. The van der Waals surface area contributed by atoms with E-state index in [1.165, 1.54) is 6.07 Å². The highest BCUT2D eigenvalue weighted by Crippen LogP contribution is 2.21. The summed E-state index contributed by atoms with van der Waals surface area (Å²) in [6.45, 7) is 5.89. The topological polar surface area (TPSA) is 78.9 Å². The number of piperazine rings is 1. The number of hydrogen-bond acceptors (Lipinski definition) is 7. The lowest BCUT2D eigenvalue weighted by atomic mass is 10.3. The van der Waals surface area contributed by atoms with Crippen LogP contribution in [0.4, 0.5) is 15.9 Å². The van der Waals surface area contributed by atoms with Gasteiger partial charge in [-0.25, -0.2) is 14.4 Å². The Kier molecular flexibility index (Phi) is 5.85. The van der Waals surface area contributed by atoms with Crippen molar-refractivity contribution in [2.45, 2.75) is 6.92 Å². The predicted molar refractivity (Wildman–Crippen MR) is 119 cm³/mol. The Balaban J connectivity index is 0.000000158. The van der Waals surface area contributed by atoms with Gasteiger partial charge in [0.15, 0.2) is 29.1 Å². The molecule has 0 saturated carbocycles. The fourth-order valence-electron chi connectivity index (χ4n) is 3.52. The first-order valence-corrected chi connectivity index (χ1v) is 10.1. The third kappa shape index (κ3) is 4.51. The molecule has 0 bridgehead atoms. The first-order valence-electron chi connectivity index (χ1n) is 10.1. The lowest BCUT2D eigenvalue weighted by Crippen LogP contribution is -2.44. The molecule has 0 aromatic carbocycles. The van der Waals surface area contributed by atoms with E-state index in [0.717, 1.165) is 48.9 Å². The van der Waals surface area contributed by atoms with Gasteiger partial charge in [0.1, 0.15) is 11.3 Å². The van der Waals surface area contributed by atoms with Gasteiger partial charge in [-0.3, -0.25) is 4.79 Å². The van der Waals surface area contributed by atoms with Crippen LogP contribution in [0.5, 0.6) is 0 Å². The molecule has 0 atom stereocenters. The van der Waals surface area contributed by atoms with Crippen LogP contribution in [0.3, 0.4) is 0 Å². The van der Waals surface area contributed by atoms with Gasteiger partial charge in [-0.2, -0.15) is 0 Å². The summed E-state index contributed by atoms with van der Waals surface area (Å²) in [6.07, 6.45) is 4.30. The molecule has 0 aliphatic carbocycles. The lowest BCUT2D eigenvalue weighted by molar-refractivity contribution is 0.110. The van der Waals surface area contributed by atoms with E-state index < -0.39 is 0 Å². The molecule has 5 heterocycles. The van der Waals surface area contributed by atoms with Crippen molar-refractivity contribution in [3.63, 3.8) is 0 Å². The Hall–Kier alpha value is -3.46. The number of hydrogen-bond donors (Lipinski definition) is 1. The van der Waals surface area contributed by atoms with E-state index in [9.17, 15) is 9.18 Å². The molecule has 1 aliphatic heterocycles. The van der Waals surface area contributed by atoms with Crippen LogP contribution in [-0.4, -0.2) is 65.8 Å². The minimum absolute atomic E-state index is 0.306. The number of likely N-dealkylation sites (N-methyl/N-ethyl adjacent to an activating group) is 1. The van der Waals surface area contributed by atoms with Gasteiger partial charge < -0.3 is 23.9 Å². The van der Waals surface area contributed by atoms with Crippen molar-refractivity contribution in [3.8, 4) is 0 Å². The molecule has 5 rings (SSSR count). The standard InChI is InChI=1S/C13H15N3O2.C9H10FN3/c1-15-4-6-16(7-5-15)13-3-2-12-11(14-13)8-10(9-17)18-12;1-6-4-13-5-7(11-2)3-8(10)9(13)12-6/h2-3,8-9H,4-7H2,1H3;3-5,11H,1-2H3. The normalized spacial score (nSPS) is 14.5. The SMILES string of the molecule is CN1CCN(c2ccc3oc(C=O)cc3n2)CC1.CNc1cc(F)c2nc(C)cn2c1. The average Bonchev–Trinajstić information content (AvgIpc) is 3.36. The first kappa shape index (κ1) is 20.8. The Morgan fingerprint density at radius 1 is 1.13 bits per heavy atom. The number of anilines is 2. The summed E-state index contributed by atoms with van der Waals surface area (Å²) < 4.78 is 20.3. The van der Waals surface area contributed by atoms with E-state index in [-0.39, 0.29) is 5.82 Å². The smallest absolute Gasteiger partial charge is 0.185 e. The second-order valence-electron chi connectivity index (χ2n) is 7.55. The van der Waals surface area contributed by atoms with Crippen LogP contribution >= 0.6 is 0 Å². The van der Waals surface area contributed by atoms with Crippen LogP contribution in [0.25, 0.3) is 16.7 Å². The van der Waals surface area contributed by atoms with E-state index >= 15 is 0 Å². The second kappa shape index (κ2) is 8.73. The molecule has 0 amide bonds. The number of aryl methyl sites for hydroxylation is 1. The molecular weight excluding hydrogens is 399 g/mol. The average molecular weight is 424 g/mol. The van der Waals surface area contributed by atoms with Crippen LogP contribution in [0, 0.1) is 12.7 Å². The summed E-state index contributed by atoms with van der Waals surface area (Å²) in [7, 11) is 3.88. The van der Waals surface area contributed by atoms with Crippen molar-refractivity contribution in [2.75, 3.05) is 50.5 Å². The number of halogens is 1. The van der Waals surface area contributed by atoms with E-state index in [1.807, 2.05) is 19.1 Å². The number of rotatable bonds is 3. The molecule has 8 nitrogen and oxygen atoms in total. The number of aromatic nitrogens is 3. The fraction of sp³-hybridized carbons (Fsp3) is 0.318. The molecule has 4 aromatic heterocycles. The second-order valence-corrected chi connectivity index (χ2v) is 7.55. The first-order chi connectivity index (χ1) is 15.0. The van der Waals surface area contributed by atoms with Gasteiger partial charge in [-0.1, -0.05) is 0 Å². The van der Waals surface area contributed by atoms with Crippen molar-refractivity contribution >= 4 is 34.5 Å². The van der Waals surface area contributed by atoms with Crippen molar-refractivity contribution < 1.29 is 13.6 Å². The number of carbonyl (C=O) groups excluding carboxylic acids is 1. The van der Waals surface area contributed by atoms with E-state index in [4.69, 9.17) is 4.42 Å². The van der Waals surface area contributed by atoms with E-state index in [1.54, 1.807) is 29.9 Å². The molecule has 9 heteroatoms. The van der Waals surface area contributed by atoms with Gasteiger partial charge in [0.05, 0.1) is 11.4 Å². The maximum atomic E-state index is 13.3. The predicted octanol–water partition coefficient (Wildman–Crippen LogP) is 3.22. The molecule has 31 heavy (non-hydrogen) atoms. The Bertz CT molecular complexity index is 1210. The summed E-state index contributed by atoms with van der Waals surface area (Å²) in [5.74, 6) is 0.974. The van der Waals surface area contributed by atoms with Crippen LogP contribution in [0.2, 0.25) is 0 Å². The molecule has 1 fully saturated rings. The van der Waals surface area contributed by atoms with Crippen molar-refractivity contribution in [1.29, 1.82) is 0 Å². The van der Waals surface area contributed by atoms with Crippen molar-refractivity contribution in [3.05, 3.63) is 53.9 Å². The quantitative estimate of drug-likeness (QED) is 0.506. The number of fused-ring (bicyclic) bond motifs is 2. The van der Waals surface area contributed by atoms with Gasteiger partial charge in [0.25, 0.3) is 0 Å². The summed E-state index contributed by atoms with van der Waals surface area (Å²) in [5.41, 5.74) is 3.33. The highest BCUT2D eigenvalue weighted by Gasteiger charge is 2.16. The third-order valence-electron chi connectivity index (χ3n) is 5.24. The Morgan fingerprint density at radius 2 is 1.90 bits per heavy atom. The van der Waals surface area contributed by atoms with Crippen molar-refractivity contribution in [2.24, 2.45) is 0 Å². The highest BCUT2D eigenvalue weighted by atomic mass is 19.1. The number of furan rings is 1. The minimum atomic E-state index is -0.306. The van der Waals surface area contributed by atoms with Crippen molar-refractivity contribution in [1.82, 2.24) is 19.3 Å². The van der Waals surface area contributed by atoms with Gasteiger partial charge in [0, 0.05) is 57.8 Å². The molecule has 0 radical (unpaired) electrons. The van der Waals surface area contributed by atoms with Gasteiger partial charge in [-0.05, 0) is 26.1 Å². The van der Waals surface area contributed by atoms with E-state index in [2.05, 4.69) is 32.1 Å². The summed E-state index contributed by atoms with van der Waals surface area (Å²) in [4.78, 5) is 23.8. The van der Waals surface area contributed by atoms with E-state index in [0.29, 0.717) is 23.3 Å². The molecule has 1 saturated heterocycles. The van der Waals surface area contributed by atoms with Crippen LogP contribution < -0.4 is 10.2 Å². The summed E-state index contributed by atoms with van der Waals surface area (Å²) >= 11 is 0. The van der Waals surface area contributed by atoms with Crippen LogP contribution in [0.15, 0.2) is 41.1 Å². The van der Waals surface area contributed by atoms with Gasteiger partial charge in [-0.15, -0.1) is 0 Å². The summed E-state index contributed by atoms with van der Waals surface area (Å²) in [5, 5.41) is 2.88. The number of nitrogens with zero attached hydrogens (tertiary/aromatic N) is 5. The van der Waals surface area contributed by atoms with Crippen LogP contribution in [0.1, 0.15) is 16.2 Å². The molecule has 4 aromatic rings. The summed E-state index contributed by atoms with van der Waals surface area (Å²) in [6, 6.07) is 6.94.